The van der Waals surface area contributed by atoms with Crippen LogP contribution in [0.2, 0.25) is 0 Å². The highest BCUT2D eigenvalue weighted by Gasteiger charge is 2.48. The summed E-state index contributed by atoms with van der Waals surface area (Å²) in [5.74, 6) is -5.52. The van der Waals surface area contributed by atoms with Crippen molar-refractivity contribution in [2.24, 2.45) is 5.92 Å². The second-order valence-electron chi connectivity index (χ2n) is 7.80. The maximum Gasteiger partial charge on any atom is 0.313 e. The Morgan fingerprint density at radius 2 is 2.06 bits per heavy atom. The zero-order valence-electron chi connectivity index (χ0n) is 16.9. The van der Waals surface area contributed by atoms with E-state index in [9.17, 15) is 18.4 Å². The minimum Gasteiger partial charge on any atom is -0.383 e. The van der Waals surface area contributed by atoms with Crippen molar-refractivity contribution in [1.29, 1.82) is 0 Å². The van der Waals surface area contributed by atoms with Gasteiger partial charge in [-0.2, -0.15) is 0 Å². The molecule has 3 aromatic rings. The number of piperidine rings is 1. The summed E-state index contributed by atoms with van der Waals surface area (Å²) in [6, 6.07) is 5.86. The summed E-state index contributed by atoms with van der Waals surface area (Å²) in [6.07, 6.45) is 0.777. The maximum atomic E-state index is 14.6. The number of aromatic nitrogens is 2. The maximum absolute atomic E-state index is 14.6. The number of likely N-dealkylation sites (tertiary alicyclic amines) is 1. The third-order valence-electron chi connectivity index (χ3n) is 5.60. The highest BCUT2D eigenvalue weighted by Crippen LogP contribution is 2.43. The number of aryl methyl sites for hydroxylation is 1. The van der Waals surface area contributed by atoms with Crippen molar-refractivity contribution in [3.63, 3.8) is 0 Å². The Kier molecular flexibility index (Phi) is 5.34. The molecule has 0 radical (unpaired) electrons. The summed E-state index contributed by atoms with van der Waals surface area (Å²) in [5, 5.41) is 2.49. The molecule has 0 unspecified atom stereocenters. The number of nitrogens with one attached hydrogen (secondary N) is 1. The van der Waals surface area contributed by atoms with Gasteiger partial charge in [-0.25, -0.2) is 18.7 Å². The van der Waals surface area contributed by atoms with Crippen molar-refractivity contribution in [1.82, 2.24) is 14.9 Å². The minimum atomic E-state index is -2.97. The quantitative estimate of drug-likeness (QED) is 0.585. The number of anilines is 2. The van der Waals surface area contributed by atoms with Crippen molar-refractivity contribution in [2.75, 3.05) is 17.6 Å². The van der Waals surface area contributed by atoms with Crippen LogP contribution in [0.15, 0.2) is 36.0 Å². The SMILES string of the molecule is Cc1cc(NC(=O)C(=O)N2C[C@H](C)C(F)(F)C[C@H]2c2ccc3scnc3c2)cnc1N. The van der Waals surface area contributed by atoms with Crippen LogP contribution < -0.4 is 11.1 Å². The fourth-order valence-electron chi connectivity index (χ4n) is 3.70. The van der Waals surface area contributed by atoms with E-state index >= 15 is 0 Å². The molecule has 1 aliphatic heterocycles. The molecule has 4 rings (SSSR count). The molecule has 3 heterocycles. The summed E-state index contributed by atoms with van der Waals surface area (Å²) in [6.45, 7) is 2.86. The summed E-state index contributed by atoms with van der Waals surface area (Å²) >= 11 is 1.44. The second-order valence-corrected chi connectivity index (χ2v) is 8.69. The van der Waals surface area contributed by atoms with Gasteiger partial charge < -0.3 is 16.0 Å². The third kappa shape index (κ3) is 4.07. The summed E-state index contributed by atoms with van der Waals surface area (Å²) in [7, 11) is 0. The number of benzene rings is 1. The first kappa shape index (κ1) is 21.1. The first-order valence-electron chi connectivity index (χ1n) is 9.71. The predicted molar refractivity (Wildman–Crippen MR) is 115 cm³/mol. The van der Waals surface area contributed by atoms with Crippen LogP contribution in [0.25, 0.3) is 10.2 Å². The number of carbonyl (C=O) groups excluding carboxylic acids is 2. The number of hydrogen-bond donors (Lipinski definition) is 2. The van der Waals surface area contributed by atoms with Crippen molar-refractivity contribution in [3.8, 4) is 0 Å². The average Bonchev–Trinajstić information content (AvgIpc) is 3.19. The highest BCUT2D eigenvalue weighted by molar-refractivity contribution is 7.16. The first-order valence-corrected chi connectivity index (χ1v) is 10.6. The molecule has 1 saturated heterocycles. The van der Waals surface area contributed by atoms with E-state index < -0.39 is 36.1 Å². The van der Waals surface area contributed by atoms with E-state index in [0.717, 1.165) is 4.70 Å². The number of nitrogens with zero attached hydrogens (tertiary/aromatic N) is 3. The van der Waals surface area contributed by atoms with E-state index in [0.29, 0.717) is 28.1 Å². The lowest BCUT2D eigenvalue weighted by Gasteiger charge is -2.42. The Morgan fingerprint density at radius 3 is 2.81 bits per heavy atom. The predicted octanol–water partition coefficient (Wildman–Crippen LogP) is 3.77. The van der Waals surface area contributed by atoms with Gasteiger partial charge in [0.15, 0.2) is 0 Å². The fourth-order valence-corrected chi connectivity index (χ4v) is 4.36. The number of hydrogen-bond acceptors (Lipinski definition) is 6. The Balaban J connectivity index is 1.62. The molecule has 0 spiro atoms. The smallest absolute Gasteiger partial charge is 0.313 e. The van der Waals surface area contributed by atoms with E-state index in [2.05, 4.69) is 15.3 Å². The molecule has 2 amide bonds. The molecule has 0 aliphatic carbocycles. The van der Waals surface area contributed by atoms with Gasteiger partial charge in [0.1, 0.15) is 5.82 Å². The van der Waals surface area contributed by atoms with Gasteiger partial charge in [0, 0.05) is 18.9 Å². The van der Waals surface area contributed by atoms with E-state index in [1.165, 1.54) is 29.4 Å². The van der Waals surface area contributed by atoms with Gasteiger partial charge in [0.25, 0.3) is 5.92 Å². The Hall–Kier alpha value is -3.14. The average molecular weight is 445 g/mol. The normalized spacial score (nSPS) is 20.6. The van der Waals surface area contributed by atoms with Crippen LogP contribution in [0.5, 0.6) is 0 Å². The van der Waals surface area contributed by atoms with Crippen molar-refractivity contribution < 1.29 is 18.4 Å². The van der Waals surface area contributed by atoms with Crippen LogP contribution >= 0.6 is 11.3 Å². The summed E-state index contributed by atoms with van der Waals surface area (Å²) < 4.78 is 30.1. The van der Waals surface area contributed by atoms with Crippen LogP contribution in [-0.2, 0) is 9.59 Å². The molecule has 2 aromatic heterocycles. The monoisotopic (exact) mass is 445 g/mol. The molecule has 31 heavy (non-hydrogen) atoms. The van der Waals surface area contributed by atoms with E-state index in [4.69, 9.17) is 5.73 Å². The van der Waals surface area contributed by atoms with Crippen LogP contribution in [0, 0.1) is 12.8 Å². The number of pyridine rings is 1. The zero-order valence-corrected chi connectivity index (χ0v) is 17.7. The summed E-state index contributed by atoms with van der Waals surface area (Å²) in [5.41, 5.74) is 9.49. The third-order valence-corrected chi connectivity index (χ3v) is 6.41. The number of rotatable bonds is 2. The molecular weight excluding hydrogens is 424 g/mol. The molecular formula is C21H21F2N5O2S. The van der Waals surface area contributed by atoms with E-state index in [-0.39, 0.29) is 6.54 Å². The minimum absolute atomic E-state index is 0.238. The summed E-state index contributed by atoms with van der Waals surface area (Å²) in [4.78, 5) is 35.1. The second kappa shape index (κ2) is 7.84. The molecule has 1 fully saturated rings. The molecule has 2 atom stereocenters. The molecule has 3 N–H and O–H groups in total. The number of thiazole rings is 1. The topological polar surface area (TPSA) is 101 Å². The van der Waals surface area contributed by atoms with Gasteiger partial charge >= 0.3 is 11.8 Å². The van der Waals surface area contributed by atoms with Gasteiger partial charge in [0.2, 0.25) is 0 Å². The molecule has 162 valence electrons. The Bertz CT molecular complexity index is 1170. The molecule has 10 heteroatoms. The fraction of sp³-hybridized carbons (Fsp3) is 0.333. The van der Waals surface area contributed by atoms with Crippen LogP contribution in [0.4, 0.5) is 20.3 Å². The zero-order chi connectivity index (χ0) is 22.3. The van der Waals surface area contributed by atoms with Crippen LogP contribution in [-0.4, -0.2) is 39.1 Å². The largest absolute Gasteiger partial charge is 0.383 e. The first-order chi connectivity index (χ1) is 14.7. The number of alkyl halides is 2. The van der Waals surface area contributed by atoms with Gasteiger partial charge in [0.05, 0.1) is 33.7 Å². The molecule has 1 aliphatic rings. The molecule has 0 bridgehead atoms. The lowest BCUT2D eigenvalue weighted by molar-refractivity contribution is -0.159. The van der Waals surface area contributed by atoms with Gasteiger partial charge in [-0.05, 0) is 36.2 Å². The van der Waals surface area contributed by atoms with E-state index in [1.54, 1.807) is 36.7 Å². The number of fused-ring (bicyclic) bond motifs is 1. The highest BCUT2D eigenvalue weighted by atomic mass is 32.1. The van der Waals surface area contributed by atoms with E-state index in [1.807, 2.05) is 0 Å². The van der Waals surface area contributed by atoms with Crippen molar-refractivity contribution in [2.45, 2.75) is 32.2 Å². The lowest BCUT2D eigenvalue weighted by atomic mass is 9.86. The van der Waals surface area contributed by atoms with Gasteiger partial charge in [-0.3, -0.25) is 9.59 Å². The lowest BCUT2D eigenvalue weighted by Crippen LogP contribution is -2.52. The van der Waals surface area contributed by atoms with Crippen molar-refractivity contribution in [3.05, 3.63) is 47.1 Å². The van der Waals surface area contributed by atoms with Crippen LogP contribution in [0.1, 0.15) is 30.5 Å². The van der Waals surface area contributed by atoms with Crippen LogP contribution in [0.3, 0.4) is 0 Å². The molecule has 7 nitrogen and oxygen atoms in total. The van der Waals surface area contributed by atoms with Gasteiger partial charge in [-0.1, -0.05) is 13.0 Å². The number of carbonyl (C=O) groups is 2. The van der Waals surface area contributed by atoms with Gasteiger partial charge in [-0.15, -0.1) is 11.3 Å². The standard InChI is InChI=1S/C21H21F2N5O2S/c1-11-5-14(8-25-18(11)24)27-19(29)20(30)28-9-12(2)21(22,23)7-16(28)13-3-4-17-15(6-13)26-10-31-17/h3-6,8,10,12,16H,7,9H2,1-2H3,(H2,24,25)(H,27,29)/t12-,16-/m0/s1. The molecule has 1 aromatic carbocycles. The number of nitrogens with two attached hydrogens (primary N) is 1. The number of halogens is 2. The number of nitrogen functional groups attached to an aromatic ring is 1. The Morgan fingerprint density at radius 1 is 1.29 bits per heavy atom. The Labute approximate surface area is 181 Å². The molecule has 0 saturated carbocycles. The number of amides is 2. The van der Waals surface area contributed by atoms with Crippen molar-refractivity contribution >= 4 is 44.9 Å².